The summed E-state index contributed by atoms with van der Waals surface area (Å²) in [6.45, 7) is 3.50. The fourth-order valence-corrected chi connectivity index (χ4v) is 4.69. The summed E-state index contributed by atoms with van der Waals surface area (Å²) in [5.41, 5.74) is 2.53. The quantitative estimate of drug-likeness (QED) is 0.577. The topological polar surface area (TPSA) is 77.0 Å². The number of hydrogen-bond donors (Lipinski definition) is 2. The molecule has 0 aromatic heterocycles. The molecule has 2 aliphatic heterocycles. The lowest BCUT2D eigenvalue weighted by Gasteiger charge is -2.35. The molecule has 33 heavy (non-hydrogen) atoms. The molecule has 2 heterocycles. The van der Waals surface area contributed by atoms with Crippen LogP contribution in [0.2, 0.25) is 0 Å². The summed E-state index contributed by atoms with van der Waals surface area (Å²) >= 11 is 0. The number of rotatable bonds is 9. The van der Waals surface area contributed by atoms with E-state index in [1.807, 2.05) is 17.0 Å². The number of nitrogens with one attached hydrogen (secondary N) is 2. The van der Waals surface area contributed by atoms with E-state index in [4.69, 9.17) is 4.99 Å². The van der Waals surface area contributed by atoms with Crippen molar-refractivity contribution in [2.45, 2.75) is 50.7 Å². The first kappa shape index (κ1) is 22.8. The number of imide groups is 1. The molecule has 0 saturated carbocycles. The SMILES string of the molecule is CCCCCN1C(=NCCC(c2ccccc2)c2ccccc2)NC2C1C(=O)NC(=O)N2C. The lowest BCUT2D eigenvalue weighted by atomic mass is 9.89. The van der Waals surface area contributed by atoms with Crippen molar-refractivity contribution in [1.82, 2.24) is 20.4 Å². The zero-order valence-corrected chi connectivity index (χ0v) is 19.4. The summed E-state index contributed by atoms with van der Waals surface area (Å²) in [5.74, 6) is 0.683. The van der Waals surface area contributed by atoms with Gasteiger partial charge >= 0.3 is 6.03 Å². The third kappa shape index (κ3) is 5.02. The van der Waals surface area contributed by atoms with Gasteiger partial charge in [-0.3, -0.25) is 15.1 Å². The number of carbonyl (C=O) groups is 2. The molecule has 2 atom stereocenters. The number of unbranched alkanes of at least 4 members (excludes halogenated alkanes) is 2. The van der Waals surface area contributed by atoms with Gasteiger partial charge in [-0.2, -0.15) is 0 Å². The Balaban J connectivity index is 1.54. The maximum atomic E-state index is 12.7. The molecule has 0 aliphatic carbocycles. The van der Waals surface area contributed by atoms with Crippen LogP contribution in [0.1, 0.15) is 49.7 Å². The van der Waals surface area contributed by atoms with Crippen molar-refractivity contribution in [3.8, 4) is 0 Å². The van der Waals surface area contributed by atoms with Gasteiger partial charge in [0.25, 0.3) is 5.91 Å². The molecule has 7 heteroatoms. The van der Waals surface area contributed by atoms with Gasteiger partial charge in [0.2, 0.25) is 0 Å². The fourth-order valence-electron chi connectivity index (χ4n) is 4.69. The standard InChI is InChI=1S/C26H33N5O2/c1-3-4-11-18-31-22-23(30(2)26(33)29-24(22)32)28-25(31)27-17-16-21(19-12-7-5-8-13-19)20-14-9-6-10-15-20/h5-10,12-15,21-23H,3-4,11,16-18H2,1-2H3,(H,27,28)(H,29,32,33). The van der Waals surface area contributed by atoms with E-state index >= 15 is 0 Å². The number of benzene rings is 2. The Kier molecular flexibility index (Phi) is 7.27. The van der Waals surface area contributed by atoms with Gasteiger partial charge in [0.15, 0.2) is 12.0 Å². The molecule has 0 spiro atoms. The molecule has 0 bridgehead atoms. The van der Waals surface area contributed by atoms with Gasteiger partial charge in [-0.25, -0.2) is 4.79 Å². The summed E-state index contributed by atoms with van der Waals surface area (Å²) in [6.07, 6.45) is 3.61. The maximum Gasteiger partial charge on any atom is 0.325 e. The Morgan fingerprint density at radius 3 is 2.21 bits per heavy atom. The monoisotopic (exact) mass is 447 g/mol. The van der Waals surface area contributed by atoms with Crippen molar-refractivity contribution in [3.05, 3.63) is 71.8 Å². The zero-order chi connectivity index (χ0) is 23.2. The van der Waals surface area contributed by atoms with Crippen molar-refractivity contribution in [2.75, 3.05) is 20.1 Å². The highest BCUT2D eigenvalue weighted by Gasteiger charge is 2.49. The van der Waals surface area contributed by atoms with Gasteiger partial charge in [-0.1, -0.05) is 80.4 Å². The number of guanidine groups is 1. The number of carbonyl (C=O) groups excluding carboxylic acids is 2. The van der Waals surface area contributed by atoms with Crippen LogP contribution in [0.15, 0.2) is 65.7 Å². The molecule has 4 rings (SSSR count). The Labute approximate surface area is 195 Å². The molecule has 2 N–H and O–H groups in total. The lowest BCUT2D eigenvalue weighted by Crippen LogP contribution is -2.64. The van der Waals surface area contributed by atoms with Gasteiger partial charge in [0, 0.05) is 26.1 Å². The van der Waals surface area contributed by atoms with Crippen LogP contribution in [-0.2, 0) is 4.79 Å². The average molecular weight is 448 g/mol. The van der Waals surface area contributed by atoms with Gasteiger partial charge in [-0.05, 0) is 24.0 Å². The Bertz CT molecular complexity index is 939. The summed E-state index contributed by atoms with van der Waals surface area (Å²) < 4.78 is 0. The number of urea groups is 1. The highest BCUT2D eigenvalue weighted by molar-refractivity contribution is 6.04. The normalized spacial score (nSPS) is 21.4. The number of aliphatic imine (C=N–C) groups is 1. The van der Waals surface area contributed by atoms with Crippen LogP contribution < -0.4 is 10.6 Å². The summed E-state index contributed by atoms with van der Waals surface area (Å²) in [7, 11) is 1.71. The minimum absolute atomic E-state index is 0.238. The van der Waals surface area contributed by atoms with Crippen molar-refractivity contribution in [1.29, 1.82) is 0 Å². The van der Waals surface area contributed by atoms with Crippen LogP contribution >= 0.6 is 0 Å². The second kappa shape index (κ2) is 10.5. The Morgan fingerprint density at radius 2 is 1.61 bits per heavy atom. The van der Waals surface area contributed by atoms with Crippen LogP contribution in [0, 0.1) is 0 Å². The lowest BCUT2D eigenvalue weighted by molar-refractivity contribution is -0.127. The van der Waals surface area contributed by atoms with E-state index in [1.54, 1.807) is 11.9 Å². The second-order valence-corrected chi connectivity index (χ2v) is 8.71. The summed E-state index contributed by atoms with van der Waals surface area (Å²) in [5, 5.41) is 5.82. The van der Waals surface area contributed by atoms with Gasteiger partial charge in [0.05, 0.1) is 0 Å². The van der Waals surface area contributed by atoms with E-state index in [-0.39, 0.29) is 17.9 Å². The van der Waals surface area contributed by atoms with Crippen LogP contribution in [0.4, 0.5) is 4.79 Å². The Morgan fingerprint density at radius 1 is 0.970 bits per heavy atom. The molecular formula is C26H33N5O2. The minimum atomic E-state index is -0.456. The predicted octanol–water partition coefficient (Wildman–Crippen LogP) is 3.54. The summed E-state index contributed by atoms with van der Waals surface area (Å²) in [6, 6.07) is 20.2. The number of hydrogen-bond acceptors (Lipinski definition) is 3. The van der Waals surface area contributed by atoms with E-state index in [1.165, 1.54) is 11.1 Å². The van der Waals surface area contributed by atoms with Crippen molar-refractivity contribution >= 4 is 17.9 Å². The van der Waals surface area contributed by atoms with Crippen LogP contribution in [-0.4, -0.2) is 60.0 Å². The smallest absolute Gasteiger partial charge is 0.325 e. The molecular weight excluding hydrogens is 414 g/mol. The average Bonchev–Trinajstić information content (AvgIpc) is 3.21. The van der Waals surface area contributed by atoms with E-state index in [0.717, 1.165) is 32.2 Å². The second-order valence-electron chi connectivity index (χ2n) is 8.71. The number of amides is 3. The highest BCUT2D eigenvalue weighted by atomic mass is 16.2. The largest absolute Gasteiger partial charge is 0.334 e. The predicted molar refractivity (Wildman–Crippen MR) is 130 cm³/mol. The molecule has 2 aromatic rings. The van der Waals surface area contributed by atoms with E-state index in [2.05, 4.69) is 66.1 Å². The molecule has 2 fully saturated rings. The maximum absolute atomic E-state index is 12.7. The minimum Gasteiger partial charge on any atom is -0.334 e. The molecule has 174 valence electrons. The fraction of sp³-hybridized carbons (Fsp3) is 0.423. The number of nitrogens with zero attached hydrogens (tertiary/aromatic N) is 3. The molecule has 0 radical (unpaired) electrons. The number of likely N-dealkylation sites (N-methyl/N-ethyl adjacent to an activating group) is 1. The first-order chi connectivity index (χ1) is 16.1. The first-order valence-electron chi connectivity index (χ1n) is 11.8. The van der Waals surface area contributed by atoms with Crippen molar-refractivity contribution in [2.24, 2.45) is 4.99 Å². The van der Waals surface area contributed by atoms with Crippen molar-refractivity contribution in [3.63, 3.8) is 0 Å². The van der Waals surface area contributed by atoms with Crippen LogP contribution in [0.5, 0.6) is 0 Å². The molecule has 7 nitrogen and oxygen atoms in total. The van der Waals surface area contributed by atoms with E-state index in [0.29, 0.717) is 12.5 Å². The summed E-state index contributed by atoms with van der Waals surface area (Å²) in [4.78, 5) is 33.3. The number of fused-ring (bicyclic) bond motifs is 1. The molecule has 2 aliphatic rings. The van der Waals surface area contributed by atoms with Crippen molar-refractivity contribution < 1.29 is 9.59 Å². The zero-order valence-electron chi connectivity index (χ0n) is 19.4. The molecule has 3 amide bonds. The van der Waals surface area contributed by atoms with E-state index in [9.17, 15) is 9.59 Å². The first-order valence-corrected chi connectivity index (χ1v) is 11.8. The molecule has 2 aromatic carbocycles. The third-order valence-electron chi connectivity index (χ3n) is 6.51. The van der Waals surface area contributed by atoms with Gasteiger partial charge < -0.3 is 15.1 Å². The van der Waals surface area contributed by atoms with E-state index < -0.39 is 12.2 Å². The van der Waals surface area contributed by atoms with Gasteiger partial charge in [0.1, 0.15) is 6.17 Å². The Hall–Kier alpha value is -3.35. The third-order valence-corrected chi connectivity index (χ3v) is 6.51. The molecule has 2 unspecified atom stereocenters. The van der Waals surface area contributed by atoms with Crippen LogP contribution in [0.25, 0.3) is 0 Å². The molecule has 2 saturated heterocycles. The highest BCUT2D eigenvalue weighted by Crippen LogP contribution is 2.28. The van der Waals surface area contributed by atoms with Crippen LogP contribution in [0.3, 0.4) is 0 Å². The van der Waals surface area contributed by atoms with Gasteiger partial charge in [-0.15, -0.1) is 0 Å².